The summed E-state index contributed by atoms with van der Waals surface area (Å²) in [5, 5.41) is 9.73. The van der Waals surface area contributed by atoms with Crippen LogP contribution in [-0.2, 0) is 49.0 Å². The average molecular weight is 845 g/mol. The first-order chi connectivity index (χ1) is 28.0. The van der Waals surface area contributed by atoms with E-state index in [-0.39, 0.29) is 28.9 Å². The van der Waals surface area contributed by atoms with Crippen LogP contribution in [0.1, 0.15) is 107 Å². The van der Waals surface area contributed by atoms with Gasteiger partial charge < -0.3 is 28.8 Å². The molecule has 1 N–H and O–H groups in total. The number of esters is 1. The third kappa shape index (κ3) is 11.4. The van der Waals surface area contributed by atoms with Gasteiger partial charge in [0.25, 0.3) is 0 Å². The van der Waals surface area contributed by atoms with Gasteiger partial charge in [-0.3, -0.25) is 0 Å². The van der Waals surface area contributed by atoms with Crippen LogP contribution in [0.15, 0.2) is 72.8 Å². The van der Waals surface area contributed by atoms with Gasteiger partial charge in [-0.2, -0.15) is 26.3 Å². The van der Waals surface area contributed by atoms with Gasteiger partial charge in [0.15, 0.2) is 12.2 Å². The van der Waals surface area contributed by atoms with Crippen molar-refractivity contribution in [2.75, 3.05) is 19.8 Å². The molecule has 14 heteroatoms. The van der Waals surface area contributed by atoms with Crippen LogP contribution in [0, 0.1) is 0 Å². The minimum absolute atomic E-state index is 0.0303. The van der Waals surface area contributed by atoms with Crippen molar-refractivity contribution in [1.29, 1.82) is 0 Å². The molecule has 2 atom stereocenters. The molecule has 2 heterocycles. The van der Waals surface area contributed by atoms with Crippen molar-refractivity contribution < 1.29 is 64.7 Å². The average Bonchev–Trinajstić information content (AvgIpc) is 3.17. The largest absolute Gasteiger partial charge is 0.493 e. The van der Waals surface area contributed by atoms with E-state index in [9.17, 15) is 41.0 Å². The maximum Gasteiger partial charge on any atom is 0.416 e. The molecule has 0 saturated carbocycles. The Morgan fingerprint density at radius 1 is 0.650 bits per heavy atom. The molecule has 0 radical (unpaired) electrons. The quantitative estimate of drug-likeness (QED) is 0.131. The number of aliphatic carboxylic acids is 1. The summed E-state index contributed by atoms with van der Waals surface area (Å²) in [6.07, 6.45) is -9.52. The van der Waals surface area contributed by atoms with Crippen LogP contribution in [0.5, 0.6) is 11.5 Å². The Balaban J connectivity index is 0.000000228. The lowest BCUT2D eigenvalue weighted by molar-refractivity contribution is -0.168. The first-order valence-electron chi connectivity index (χ1n) is 19.7. The second-order valence-electron chi connectivity index (χ2n) is 16.4. The van der Waals surface area contributed by atoms with E-state index in [1.165, 1.54) is 18.2 Å². The predicted octanol–water partition coefficient (Wildman–Crippen LogP) is 11.8. The highest BCUT2D eigenvalue weighted by atomic mass is 19.4. The zero-order valence-electron chi connectivity index (χ0n) is 34.6. The molecule has 0 amide bonds. The molecule has 0 fully saturated rings. The monoisotopic (exact) mass is 844 g/mol. The lowest BCUT2D eigenvalue weighted by Gasteiger charge is -2.30. The molecule has 2 unspecified atom stereocenters. The zero-order chi connectivity index (χ0) is 44.2. The van der Waals surface area contributed by atoms with Crippen molar-refractivity contribution in [1.82, 2.24) is 0 Å². The Bertz CT molecular complexity index is 2160. The van der Waals surface area contributed by atoms with E-state index in [0.717, 1.165) is 54.7 Å². The number of alkyl halides is 6. The smallest absolute Gasteiger partial charge is 0.416 e. The molecule has 8 nitrogen and oxygen atoms in total. The van der Waals surface area contributed by atoms with Crippen molar-refractivity contribution in [2.45, 2.75) is 110 Å². The molecule has 324 valence electrons. The number of aryl methyl sites for hydroxylation is 2. The number of ether oxygens (including phenoxy) is 5. The topological polar surface area (TPSA) is 101 Å². The first-order valence-corrected chi connectivity index (χ1v) is 19.7. The van der Waals surface area contributed by atoms with Gasteiger partial charge in [0.05, 0.1) is 42.1 Å². The molecule has 6 rings (SSSR count). The maximum atomic E-state index is 14.0. The Labute approximate surface area is 345 Å². The van der Waals surface area contributed by atoms with E-state index >= 15 is 0 Å². The lowest BCUT2D eigenvalue weighted by atomic mass is 9.89. The van der Waals surface area contributed by atoms with Gasteiger partial charge >= 0.3 is 24.3 Å². The van der Waals surface area contributed by atoms with Crippen LogP contribution >= 0.6 is 0 Å². The zero-order valence-corrected chi connectivity index (χ0v) is 34.6. The molecule has 0 saturated heterocycles. The van der Waals surface area contributed by atoms with Crippen molar-refractivity contribution in [3.63, 3.8) is 0 Å². The molecule has 2 aliphatic rings. The van der Waals surface area contributed by atoms with E-state index in [4.69, 9.17) is 23.7 Å². The molecule has 4 aromatic carbocycles. The highest BCUT2D eigenvalue weighted by molar-refractivity contribution is 5.83. The fourth-order valence-corrected chi connectivity index (χ4v) is 7.13. The predicted molar refractivity (Wildman–Crippen MR) is 213 cm³/mol. The molecule has 0 spiro atoms. The maximum absolute atomic E-state index is 14.0. The van der Waals surface area contributed by atoms with E-state index in [2.05, 4.69) is 0 Å². The Kier molecular flexibility index (Phi) is 14.0. The normalized spacial score (nSPS) is 15.2. The van der Waals surface area contributed by atoms with Crippen LogP contribution < -0.4 is 9.47 Å². The van der Waals surface area contributed by atoms with Crippen LogP contribution in [0.2, 0.25) is 0 Å². The van der Waals surface area contributed by atoms with Gasteiger partial charge in [0.1, 0.15) is 11.5 Å². The molecule has 2 aliphatic heterocycles. The van der Waals surface area contributed by atoms with E-state index in [1.54, 1.807) is 84.9 Å². The number of halogens is 6. The molecular weight excluding hydrogens is 794 g/mol. The molecule has 0 aromatic heterocycles. The lowest BCUT2D eigenvalue weighted by Crippen LogP contribution is -2.30. The summed E-state index contributed by atoms with van der Waals surface area (Å²) in [5.74, 6) is -0.888. The number of rotatable bonds is 9. The fraction of sp³-hybridized carbons (Fsp3) is 0.435. The number of carboxylic acid groups (broad SMARTS) is 1. The number of benzene rings is 4. The van der Waals surface area contributed by atoms with Crippen molar-refractivity contribution in [2.24, 2.45) is 0 Å². The van der Waals surface area contributed by atoms with Crippen LogP contribution in [0.4, 0.5) is 26.3 Å². The van der Waals surface area contributed by atoms with Crippen LogP contribution in [0.25, 0.3) is 22.3 Å². The summed E-state index contributed by atoms with van der Waals surface area (Å²) >= 11 is 0. The number of carboxylic acids is 1. The van der Waals surface area contributed by atoms with Crippen LogP contribution in [0.3, 0.4) is 0 Å². The van der Waals surface area contributed by atoms with Gasteiger partial charge in [-0.15, -0.1) is 0 Å². The second kappa shape index (κ2) is 18.3. The van der Waals surface area contributed by atoms with E-state index in [0.29, 0.717) is 30.1 Å². The van der Waals surface area contributed by atoms with Crippen molar-refractivity contribution in [3.8, 4) is 33.8 Å². The third-order valence-electron chi connectivity index (χ3n) is 9.45. The minimum atomic E-state index is -4.72. The SMILES string of the molecule is CC(C)(C)OC(C(=O)O)c1c(-c2ccc3c(c2)CCCO3)cccc1C(F)(F)F.CCOC(=O)C(OC(C)(C)C)c1c(-c2ccc3c(c2)CCCO3)cccc1C(F)(F)F. The summed E-state index contributed by atoms with van der Waals surface area (Å²) in [6, 6.07) is 18.0. The number of fused-ring (bicyclic) bond motifs is 2. The summed E-state index contributed by atoms with van der Waals surface area (Å²) in [6.45, 7) is 12.7. The second-order valence-corrected chi connectivity index (χ2v) is 16.4. The van der Waals surface area contributed by atoms with Gasteiger partial charge in [0.2, 0.25) is 0 Å². The fourth-order valence-electron chi connectivity index (χ4n) is 7.13. The molecule has 4 aromatic rings. The van der Waals surface area contributed by atoms with Crippen molar-refractivity contribution >= 4 is 11.9 Å². The van der Waals surface area contributed by atoms with Gasteiger partial charge in [-0.25, -0.2) is 9.59 Å². The number of hydrogen-bond donors (Lipinski definition) is 1. The third-order valence-corrected chi connectivity index (χ3v) is 9.45. The van der Waals surface area contributed by atoms with Gasteiger partial charge in [-0.05, 0) is 144 Å². The first kappa shape index (κ1) is 46.0. The summed E-state index contributed by atoms with van der Waals surface area (Å²) in [5.41, 5.74) is -1.04. The number of hydrogen-bond acceptors (Lipinski definition) is 7. The number of carbonyl (C=O) groups excluding carboxylic acids is 1. The van der Waals surface area contributed by atoms with Crippen molar-refractivity contribution in [3.05, 3.63) is 106 Å². The molecule has 0 bridgehead atoms. The summed E-state index contributed by atoms with van der Waals surface area (Å²) < 4.78 is 111. The Hall–Kier alpha value is -5.08. The number of carbonyl (C=O) groups is 2. The standard InChI is InChI=1S/C24H27F3O4.C22H23F3O4/c1-5-29-22(28)21(31-23(2,3)4)20-17(9-6-10-18(20)24(25,26)27)15-11-12-19-16(14-15)8-7-13-30-19;1-21(2,3)29-19(20(26)27)18-15(7-4-8-16(18)22(23,24)25)13-9-10-17-14(12-13)6-5-11-28-17/h6,9-12,14,21H,5,7-8,13H2,1-4H3;4,7-10,12,19H,5-6,11H2,1-3H3,(H,26,27). The van der Waals surface area contributed by atoms with E-state index < -0.39 is 58.8 Å². The molecular formula is C46H50F6O8. The highest BCUT2D eigenvalue weighted by Gasteiger charge is 2.42. The van der Waals surface area contributed by atoms with E-state index in [1.807, 2.05) is 6.07 Å². The van der Waals surface area contributed by atoms with Gasteiger partial charge in [-0.1, -0.05) is 36.4 Å². The molecule has 60 heavy (non-hydrogen) atoms. The molecule has 0 aliphatic carbocycles. The summed E-state index contributed by atoms with van der Waals surface area (Å²) in [7, 11) is 0. The Morgan fingerprint density at radius 2 is 1.07 bits per heavy atom. The van der Waals surface area contributed by atoms with Gasteiger partial charge in [0, 0.05) is 11.1 Å². The minimum Gasteiger partial charge on any atom is -0.493 e. The highest BCUT2D eigenvalue weighted by Crippen LogP contribution is 2.45. The van der Waals surface area contributed by atoms with Crippen LogP contribution in [-0.4, -0.2) is 48.1 Å². The Morgan fingerprint density at radius 3 is 1.45 bits per heavy atom. The summed E-state index contributed by atoms with van der Waals surface area (Å²) in [4.78, 5) is 24.7.